The smallest absolute Gasteiger partial charge is 0.0178 e. The molecule has 0 saturated carbocycles. The van der Waals surface area contributed by atoms with Gasteiger partial charge in [0.2, 0.25) is 0 Å². The van der Waals surface area contributed by atoms with Crippen LogP contribution in [0.2, 0.25) is 0 Å². The second kappa shape index (κ2) is 8.43. The van der Waals surface area contributed by atoms with Crippen molar-refractivity contribution in [1.82, 2.24) is 0 Å². The van der Waals surface area contributed by atoms with E-state index in [9.17, 15) is 0 Å². The van der Waals surface area contributed by atoms with Crippen molar-refractivity contribution in [1.29, 1.82) is 0 Å². The summed E-state index contributed by atoms with van der Waals surface area (Å²) in [5.41, 5.74) is 13.1. The molecule has 18 heavy (non-hydrogen) atoms. The molecule has 0 amide bonds. The van der Waals surface area contributed by atoms with E-state index in [-0.39, 0.29) is 0 Å². The van der Waals surface area contributed by atoms with Crippen LogP contribution in [0.15, 0.2) is 57.5 Å². The second-order valence-corrected chi connectivity index (χ2v) is 5.50. The summed E-state index contributed by atoms with van der Waals surface area (Å²) >= 11 is 6.69. The molecule has 96 valence electrons. The maximum atomic E-state index is 5.40. The third-order valence-corrected chi connectivity index (χ3v) is 3.24. The maximum absolute atomic E-state index is 5.40. The number of nitrogens with two attached hydrogens (primary N) is 2. The number of rotatable bonds is 2. The lowest BCUT2D eigenvalue weighted by atomic mass is 10.2. The molecule has 2 nitrogen and oxygen atoms in total. The van der Waals surface area contributed by atoms with Crippen molar-refractivity contribution >= 4 is 31.9 Å². The molecule has 0 heterocycles. The SMILES string of the molecule is NCc1cccc(Br)c1.NCc1cccc(Br)c1. The van der Waals surface area contributed by atoms with E-state index in [4.69, 9.17) is 11.5 Å². The highest BCUT2D eigenvalue weighted by atomic mass is 79.9. The van der Waals surface area contributed by atoms with Gasteiger partial charge in [0.1, 0.15) is 0 Å². The van der Waals surface area contributed by atoms with Crippen LogP contribution in [0.4, 0.5) is 0 Å². The van der Waals surface area contributed by atoms with E-state index in [1.807, 2.05) is 48.5 Å². The van der Waals surface area contributed by atoms with Crippen molar-refractivity contribution in [2.45, 2.75) is 13.1 Å². The Balaban J connectivity index is 0.000000180. The zero-order chi connectivity index (χ0) is 13.4. The molecular weight excluding hydrogens is 356 g/mol. The van der Waals surface area contributed by atoms with Gasteiger partial charge in [-0.2, -0.15) is 0 Å². The van der Waals surface area contributed by atoms with Crippen molar-refractivity contribution in [2.75, 3.05) is 0 Å². The van der Waals surface area contributed by atoms with Crippen LogP contribution in [0.5, 0.6) is 0 Å². The molecule has 0 aliphatic carbocycles. The molecular formula is C14H16Br2N2. The molecule has 0 saturated heterocycles. The Morgan fingerprint density at radius 2 is 1.11 bits per heavy atom. The van der Waals surface area contributed by atoms with Crippen LogP contribution < -0.4 is 11.5 Å². The van der Waals surface area contributed by atoms with Crippen molar-refractivity contribution in [3.8, 4) is 0 Å². The molecule has 0 aromatic heterocycles. The van der Waals surface area contributed by atoms with Crippen LogP contribution in [0.3, 0.4) is 0 Å². The standard InChI is InChI=1S/2C7H8BrN/c2*8-7-3-1-2-6(4-7)5-9/h2*1-4H,5,9H2. The van der Waals surface area contributed by atoms with E-state index in [0.717, 1.165) is 20.1 Å². The second-order valence-electron chi connectivity index (χ2n) is 3.67. The summed E-state index contributed by atoms with van der Waals surface area (Å²) in [6.07, 6.45) is 0. The first kappa shape index (κ1) is 15.4. The summed E-state index contributed by atoms with van der Waals surface area (Å²) in [4.78, 5) is 0. The summed E-state index contributed by atoms with van der Waals surface area (Å²) in [6, 6.07) is 16.0. The van der Waals surface area contributed by atoms with E-state index in [2.05, 4.69) is 31.9 Å². The highest BCUT2D eigenvalue weighted by Crippen LogP contribution is 2.11. The average Bonchev–Trinajstić information content (AvgIpc) is 2.39. The minimum Gasteiger partial charge on any atom is -0.326 e. The monoisotopic (exact) mass is 370 g/mol. The first-order chi connectivity index (χ1) is 8.65. The molecule has 2 aromatic carbocycles. The van der Waals surface area contributed by atoms with Crippen molar-refractivity contribution in [3.63, 3.8) is 0 Å². The molecule has 0 aliphatic heterocycles. The van der Waals surface area contributed by atoms with E-state index in [1.165, 1.54) is 0 Å². The number of hydrogen-bond acceptors (Lipinski definition) is 2. The molecule has 0 aliphatic rings. The zero-order valence-corrected chi connectivity index (χ0v) is 13.1. The Kier molecular flexibility index (Phi) is 7.20. The molecule has 0 unspecified atom stereocenters. The average molecular weight is 372 g/mol. The van der Waals surface area contributed by atoms with Gasteiger partial charge < -0.3 is 11.5 Å². The first-order valence-corrected chi connectivity index (χ1v) is 7.13. The summed E-state index contributed by atoms with van der Waals surface area (Å²) in [6.45, 7) is 1.22. The van der Waals surface area contributed by atoms with E-state index >= 15 is 0 Å². The molecule has 0 radical (unpaired) electrons. The van der Waals surface area contributed by atoms with Gasteiger partial charge in [0, 0.05) is 22.0 Å². The Bertz CT molecular complexity index is 441. The first-order valence-electron chi connectivity index (χ1n) is 5.54. The number of halogens is 2. The summed E-state index contributed by atoms with van der Waals surface area (Å²) < 4.78 is 2.18. The summed E-state index contributed by atoms with van der Waals surface area (Å²) in [5.74, 6) is 0. The molecule has 2 rings (SSSR count). The minimum absolute atomic E-state index is 0.611. The lowest BCUT2D eigenvalue weighted by Gasteiger charge is -1.94. The third-order valence-electron chi connectivity index (χ3n) is 2.25. The summed E-state index contributed by atoms with van der Waals surface area (Å²) in [7, 11) is 0. The molecule has 0 spiro atoms. The van der Waals surface area contributed by atoms with Crippen molar-refractivity contribution in [3.05, 3.63) is 68.6 Å². The Labute approximate surface area is 125 Å². The Morgan fingerprint density at radius 1 is 0.722 bits per heavy atom. The fourth-order valence-corrected chi connectivity index (χ4v) is 2.22. The van der Waals surface area contributed by atoms with Crippen molar-refractivity contribution < 1.29 is 0 Å². The van der Waals surface area contributed by atoms with E-state index < -0.39 is 0 Å². The zero-order valence-electron chi connectivity index (χ0n) is 9.94. The molecule has 0 bridgehead atoms. The maximum Gasteiger partial charge on any atom is 0.0178 e. The van der Waals surface area contributed by atoms with Gasteiger partial charge in [0.15, 0.2) is 0 Å². The van der Waals surface area contributed by atoms with Crippen LogP contribution in [-0.4, -0.2) is 0 Å². The van der Waals surface area contributed by atoms with Crippen LogP contribution in [0.25, 0.3) is 0 Å². The Hall–Kier alpha value is -0.680. The largest absolute Gasteiger partial charge is 0.326 e. The van der Waals surface area contributed by atoms with Gasteiger partial charge >= 0.3 is 0 Å². The van der Waals surface area contributed by atoms with Crippen LogP contribution in [-0.2, 0) is 13.1 Å². The van der Waals surface area contributed by atoms with Gasteiger partial charge in [-0.05, 0) is 35.4 Å². The quantitative estimate of drug-likeness (QED) is 0.843. The Morgan fingerprint density at radius 3 is 1.33 bits per heavy atom. The summed E-state index contributed by atoms with van der Waals surface area (Å²) in [5, 5.41) is 0. The van der Waals surface area contributed by atoms with Gasteiger partial charge in [-0.25, -0.2) is 0 Å². The van der Waals surface area contributed by atoms with Gasteiger partial charge in [0.25, 0.3) is 0 Å². The van der Waals surface area contributed by atoms with Crippen LogP contribution in [0, 0.1) is 0 Å². The fourth-order valence-electron chi connectivity index (χ4n) is 1.33. The molecule has 4 N–H and O–H groups in total. The van der Waals surface area contributed by atoms with Crippen LogP contribution in [0.1, 0.15) is 11.1 Å². The van der Waals surface area contributed by atoms with E-state index in [0.29, 0.717) is 13.1 Å². The van der Waals surface area contributed by atoms with Crippen molar-refractivity contribution in [2.24, 2.45) is 11.5 Å². The number of hydrogen-bond donors (Lipinski definition) is 2. The highest BCUT2D eigenvalue weighted by Gasteiger charge is 1.88. The fraction of sp³-hybridized carbons (Fsp3) is 0.143. The lowest BCUT2D eigenvalue weighted by Crippen LogP contribution is -1.94. The molecule has 4 heteroatoms. The minimum atomic E-state index is 0.611. The third kappa shape index (κ3) is 5.78. The molecule has 0 fully saturated rings. The topological polar surface area (TPSA) is 52.0 Å². The van der Waals surface area contributed by atoms with Crippen LogP contribution >= 0.6 is 31.9 Å². The van der Waals surface area contributed by atoms with Gasteiger partial charge in [-0.15, -0.1) is 0 Å². The van der Waals surface area contributed by atoms with Gasteiger partial charge in [-0.3, -0.25) is 0 Å². The van der Waals surface area contributed by atoms with Gasteiger partial charge in [0.05, 0.1) is 0 Å². The molecule has 2 aromatic rings. The predicted octanol–water partition coefficient (Wildman–Crippen LogP) is 3.82. The normalized spacial score (nSPS) is 9.56. The van der Waals surface area contributed by atoms with E-state index in [1.54, 1.807) is 0 Å². The van der Waals surface area contributed by atoms with Gasteiger partial charge in [-0.1, -0.05) is 56.1 Å². The predicted molar refractivity (Wildman–Crippen MR) is 84.1 cm³/mol. The molecule has 0 atom stereocenters. The number of benzene rings is 2. The highest BCUT2D eigenvalue weighted by molar-refractivity contribution is 9.10. The lowest BCUT2D eigenvalue weighted by molar-refractivity contribution is 1.07.